The van der Waals surface area contributed by atoms with Gasteiger partial charge in [-0.3, -0.25) is 0 Å². The van der Waals surface area contributed by atoms with Gasteiger partial charge in [-0.15, -0.1) is 0 Å². The first-order valence-electron chi connectivity index (χ1n) is 11.0. The molecule has 0 aliphatic carbocycles. The first kappa shape index (κ1) is 24.6. The van der Waals surface area contributed by atoms with Crippen LogP contribution >= 0.6 is 12.2 Å². The number of nitrogens with one attached hydrogen (secondary N) is 3. The quantitative estimate of drug-likeness (QED) is 0.416. The second-order valence-corrected chi connectivity index (χ2v) is 8.51. The lowest BCUT2D eigenvalue weighted by molar-refractivity contribution is 0.133. The largest absolute Gasteiger partial charge is 0.493 e. The summed E-state index contributed by atoms with van der Waals surface area (Å²) in [6.07, 6.45) is 1.29. The lowest BCUT2D eigenvalue weighted by Crippen LogP contribution is -2.52. The normalized spacial score (nSPS) is 18.1. The fraction of sp³-hybridized carbons (Fsp3) is 0.391. The Hall–Kier alpha value is -3.51. The maximum Gasteiger partial charge on any atom is 0.203 e. The van der Waals surface area contributed by atoms with E-state index in [1.807, 2.05) is 11.9 Å². The number of aromatic nitrogens is 3. The van der Waals surface area contributed by atoms with E-state index in [9.17, 15) is 4.39 Å². The number of hydrogen-bond acceptors (Lipinski definition) is 9. The topological polar surface area (TPSA) is 106 Å². The van der Waals surface area contributed by atoms with Crippen molar-refractivity contribution in [2.24, 2.45) is 0 Å². The van der Waals surface area contributed by atoms with Crippen LogP contribution in [0.2, 0.25) is 0 Å². The number of nitrogens with zero attached hydrogens (tertiary/aromatic N) is 4. The van der Waals surface area contributed by atoms with Gasteiger partial charge in [0.05, 0.1) is 33.6 Å². The highest BCUT2D eigenvalue weighted by atomic mass is 32.1. The minimum Gasteiger partial charge on any atom is -0.493 e. The zero-order valence-electron chi connectivity index (χ0n) is 20.0. The van der Waals surface area contributed by atoms with Crippen LogP contribution in [0, 0.1) is 0 Å². The minimum absolute atomic E-state index is 0.314. The second-order valence-electron chi connectivity index (χ2n) is 8.11. The average Bonchev–Trinajstić information content (AvgIpc) is 2.84. The number of hydrogen-bond donors (Lipinski definition) is 3. The van der Waals surface area contributed by atoms with E-state index in [1.165, 1.54) is 0 Å². The number of ether oxygens (including phenoxy) is 3. The number of piperidine rings is 1. The molecule has 4 rings (SSSR count). The number of benzene rings is 1. The lowest BCUT2D eigenvalue weighted by atomic mass is 10.0. The summed E-state index contributed by atoms with van der Waals surface area (Å²) < 4.78 is 30.5. The fourth-order valence-electron chi connectivity index (χ4n) is 3.87. The van der Waals surface area contributed by atoms with Crippen molar-refractivity contribution in [3.05, 3.63) is 30.5 Å². The van der Waals surface area contributed by atoms with Gasteiger partial charge in [-0.05, 0) is 37.8 Å². The number of pyridine rings is 1. The molecule has 2 aromatic heterocycles. The third-order valence-electron chi connectivity index (χ3n) is 5.65. The van der Waals surface area contributed by atoms with E-state index in [4.69, 9.17) is 26.4 Å². The van der Waals surface area contributed by atoms with Crippen molar-refractivity contribution < 1.29 is 18.6 Å². The van der Waals surface area contributed by atoms with Crippen LogP contribution in [0.5, 0.6) is 17.2 Å². The van der Waals surface area contributed by atoms with E-state index in [0.717, 1.165) is 6.54 Å². The molecule has 10 nitrogen and oxygen atoms in total. The number of likely N-dealkylation sites (tertiary alicyclic amines) is 1. The molecule has 0 spiro atoms. The van der Waals surface area contributed by atoms with Crippen molar-refractivity contribution >= 4 is 45.8 Å². The van der Waals surface area contributed by atoms with Crippen molar-refractivity contribution in [1.82, 2.24) is 25.2 Å². The summed E-state index contributed by atoms with van der Waals surface area (Å²) in [5, 5.41) is 9.58. The van der Waals surface area contributed by atoms with E-state index in [2.05, 4.69) is 30.9 Å². The van der Waals surface area contributed by atoms with Crippen molar-refractivity contribution in [1.29, 1.82) is 0 Å². The third kappa shape index (κ3) is 5.77. The molecule has 35 heavy (non-hydrogen) atoms. The second kappa shape index (κ2) is 10.8. The molecule has 0 bridgehead atoms. The molecule has 1 aromatic carbocycles. The highest BCUT2D eigenvalue weighted by Crippen LogP contribution is 2.40. The Morgan fingerprint density at radius 1 is 1.09 bits per heavy atom. The molecule has 3 N–H and O–H groups in total. The van der Waals surface area contributed by atoms with Crippen molar-refractivity contribution in [2.75, 3.05) is 52.1 Å². The summed E-state index contributed by atoms with van der Waals surface area (Å²) >= 11 is 5.38. The number of rotatable bonds is 7. The van der Waals surface area contributed by atoms with E-state index in [0.29, 0.717) is 63.8 Å². The highest BCUT2D eigenvalue weighted by Gasteiger charge is 2.28. The molecule has 1 fully saturated rings. The first-order chi connectivity index (χ1) is 16.9. The minimum atomic E-state index is -0.993. The monoisotopic (exact) mass is 501 g/mol. The summed E-state index contributed by atoms with van der Waals surface area (Å²) in [6.45, 7) is 1.19. The number of alkyl halides is 1. The van der Waals surface area contributed by atoms with Crippen molar-refractivity contribution in [3.63, 3.8) is 0 Å². The molecule has 2 atom stereocenters. The molecule has 0 radical (unpaired) electrons. The van der Waals surface area contributed by atoms with Crippen LogP contribution in [-0.2, 0) is 0 Å². The smallest absolute Gasteiger partial charge is 0.203 e. The maximum absolute atomic E-state index is 14.3. The molecule has 12 heteroatoms. The predicted molar refractivity (Wildman–Crippen MR) is 137 cm³/mol. The Kier molecular flexibility index (Phi) is 7.61. The third-order valence-corrected chi connectivity index (χ3v) is 5.87. The standard InChI is InChI=1S/C23H28FN7O3S/c1-31-8-7-15(14(24)12-31)27-23(35)30-19-6-5-16-22(28-19)29-20(11-25-16)26-13-9-17(32-2)21(34-4)18(10-13)33-3/h5-6,9-11,14-15H,7-8,12H2,1-4H3,(H3,26,27,28,29,30,35). The molecule has 3 aromatic rings. The lowest BCUT2D eigenvalue weighted by Gasteiger charge is -2.33. The van der Waals surface area contributed by atoms with Crippen molar-refractivity contribution in [3.8, 4) is 17.2 Å². The van der Waals surface area contributed by atoms with E-state index < -0.39 is 6.17 Å². The van der Waals surface area contributed by atoms with Gasteiger partial charge < -0.3 is 35.1 Å². The van der Waals surface area contributed by atoms with E-state index in [1.54, 1.807) is 51.8 Å². The van der Waals surface area contributed by atoms with Crippen LogP contribution in [0.3, 0.4) is 0 Å². The van der Waals surface area contributed by atoms with E-state index in [-0.39, 0.29) is 6.04 Å². The van der Waals surface area contributed by atoms with Gasteiger partial charge in [-0.1, -0.05) is 0 Å². The number of anilines is 3. The van der Waals surface area contributed by atoms with Crippen molar-refractivity contribution in [2.45, 2.75) is 18.6 Å². The first-order valence-corrected chi connectivity index (χ1v) is 11.4. The zero-order chi connectivity index (χ0) is 24.9. The molecule has 0 saturated carbocycles. The molecular weight excluding hydrogens is 473 g/mol. The Balaban J connectivity index is 1.49. The Morgan fingerprint density at radius 2 is 1.80 bits per heavy atom. The molecular formula is C23H28FN7O3S. The van der Waals surface area contributed by atoms with Crippen LogP contribution in [0.4, 0.5) is 21.7 Å². The van der Waals surface area contributed by atoms with Gasteiger partial charge in [0.1, 0.15) is 17.5 Å². The Morgan fingerprint density at radius 3 is 2.46 bits per heavy atom. The highest BCUT2D eigenvalue weighted by molar-refractivity contribution is 7.80. The van der Waals surface area contributed by atoms with Crippen LogP contribution < -0.4 is 30.2 Å². The summed E-state index contributed by atoms with van der Waals surface area (Å²) in [5.74, 6) is 2.47. The predicted octanol–water partition coefficient (Wildman–Crippen LogP) is 3.12. The van der Waals surface area contributed by atoms with E-state index >= 15 is 0 Å². The van der Waals surface area contributed by atoms with Crippen LogP contribution in [0.1, 0.15) is 6.42 Å². The number of halogens is 1. The van der Waals surface area contributed by atoms with Gasteiger partial charge >= 0.3 is 0 Å². The summed E-state index contributed by atoms with van der Waals surface area (Å²) in [4.78, 5) is 15.5. The number of fused-ring (bicyclic) bond motifs is 1. The summed E-state index contributed by atoms with van der Waals surface area (Å²) in [7, 11) is 6.55. The Bertz CT molecular complexity index is 1190. The molecule has 1 aliphatic rings. The van der Waals surface area contributed by atoms with Gasteiger partial charge in [0.25, 0.3) is 0 Å². The van der Waals surface area contributed by atoms with Gasteiger partial charge in [0.2, 0.25) is 5.75 Å². The maximum atomic E-state index is 14.3. The SMILES string of the molecule is COc1cc(Nc2cnc3ccc(NC(=S)NC4CCN(C)CC4F)nc3n2)cc(OC)c1OC. The number of thiocarbonyl (C=S) groups is 1. The molecule has 1 saturated heterocycles. The van der Waals surface area contributed by atoms with Crippen LogP contribution in [0.25, 0.3) is 11.2 Å². The van der Waals surface area contributed by atoms with Gasteiger partial charge in [-0.2, -0.15) is 0 Å². The average molecular weight is 502 g/mol. The van der Waals surface area contributed by atoms with Gasteiger partial charge in [0, 0.05) is 30.9 Å². The Labute approximate surface area is 208 Å². The van der Waals surface area contributed by atoms with Gasteiger partial charge in [-0.25, -0.2) is 19.3 Å². The zero-order valence-corrected chi connectivity index (χ0v) is 20.8. The molecule has 2 unspecified atom stereocenters. The molecule has 3 heterocycles. The van der Waals surface area contributed by atoms with Crippen LogP contribution in [-0.4, -0.2) is 78.6 Å². The molecule has 186 valence electrons. The van der Waals surface area contributed by atoms with Gasteiger partial charge in [0.15, 0.2) is 28.1 Å². The molecule has 1 aliphatic heterocycles. The fourth-order valence-corrected chi connectivity index (χ4v) is 4.12. The number of methoxy groups -OCH3 is 3. The summed E-state index contributed by atoms with van der Waals surface area (Å²) in [5.41, 5.74) is 1.70. The molecule has 0 amide bonds. The summed E-state index contributed by atoms with van der Waals surface area (Å²) in [6, 6.07) is 6.74. The van der Waals surface area contributed by atoms with Crippen LogP contribution in [0.15, 0.2) is 30.5 Å².